The first-order valence-corrected chi connectivity index (χ1v) is 8.94. The number of carbonyl (C=O) groups excluding carboxylic acids is 1. The number of hydrogen-bond donors (Lipinski definition) is 0. The van der Waals surface area contributed by atoms with Gasteiger partial charge in [0.05, 0.1) is 17.0 Å². The lowest BCUT2D eigenvalue weighted by Crippen LogP contribution is -2.30. The van der Waals surface area contributed by atoms with Crippen LogP contribution in [0, 0.1) is 0 Å². The Morgan fingerprint density at radius 3 is 2.95 bits per heavy atom. The van der Waals surface area contributed by atoms with Gasteiger partial charge in [0.15, 0.2) is 0 Å². The van der Waals surface area contributed by atoms with E-state index >= 15 is 0 Å². The molecule has 0 atom stereocenters. The first-order chi connectivity index (χ1) is 10.8. The number of amides is 1. The van der Waals surface area contributed by atoms with Gasteiger partial charge in [0, 0.05) is 17.6 Å². The standard InChI is InChI=1S/C17H14N2OS2/c20-16(19-8-7-12-4-1-2-5-14(12)19)10-13-11-22-17(18-13)15-6-3-9-21-15/h1-6,9,11H,7-8,10H2. The van der Waals surface area contributed by atoms with Crippen LogP contribution < -0.4 is 4.90 Å². The summed E-state index contributed by atoms with van der Waals surface area (Å²) in [7, 11) is 0. The van der Waals surface area contributed by atoms with E-state index in [1.165, 1.54) is 5.56 Å². The van der Waals surface area contributed by atoms with E-state index < -0.39 is 0 Å². The molecule has 0 fully saturated rings. The Hall–Kier alpha value is -1.98. The van der Waals surface area contributed by atoms with Gasteiger partial charge in [-0.1, -0.05) is 24.3 Å². The Bertz CT molecular complexity index is 808. The zero-order valence-electron chi connectivity index (χ0n) is 11.9. The molecule has 3 nitrogen and oxygen atoms in total. The van der Waals surface area contributed by atoms with Gasteiger partial charge >= 0.3 is 0 Å². The maximum atomic E-state index is 12.6. The average molecular weight is 326 g/mol. The summed E-state index contributed by atoms with van der Waals surface area (Å²) < 4.78 is 0. The Kier molecular flexibility index (Phi) is 3.52. The summed E-state index contributed by atoms with van der Waals surface area (Å²) in [6.07, 6.45) is 1.32. The van der Waals surface area contributed by atoms with Crippen LogP contribution in [0.2, 0.25) is 0 Å². The van der Waals surface area contributed by atoms with Crippen molar-refractivity contribution >= 4 is 34.3 Å². The lowest BCUT2D eigenvalue weighted by molar-refractivity contribution is -0.117. The molecule has 22 heavy (non-hydrogen) atoms. The Labute approximate surface area is 136 Å². The number of nitrogens with zero attached hydrogens (tertiary/aromatic N) is 2. The Morgan fingerprint density at radius 1 is 1.18 bits per heavy atom. The summed E-state index contributed by atoms with van der Waals surface area (Å²) in [5.41, 5.74) is 3.18. The highest BCUT2D eigenvalue weighted by molar-refractivity contribution is 7.20. The molecule has 0 aliphatic carbocycles. The molecule has 0 N–H and O–H groups in total. The number of thiophene rings is 1. The molecule has 4 rings (SSSR count). The van der Waals surface area contributed by atoms with Gasteiger partial charge in [-0.15, -0.1) is 22.7 Å². The van der Waals surface area contributed by atoms with Crippen LogP contribution in [0.25, 0.3) is 9.88 Å². The zero-order chi connectivity index (χ0) is 14.9. The minimum Gasteiger partial charge on any atom is -0.311 e. The number of anilines is 1. The third-order valence-electron chi connectivity index (χ3n) is 3.80. The van der Waals surface area contributed by atoms with Gasteiger partial charge in [-0.3, -0.25) is 4.79 Å². The van der Waals surface area contributed by atoms with E-state index in [1.807, 2.05) is 39.9 Å². The molecular formula is C17H14N2OS2. The van der Waals surface area contributed by atoms with Crippen LogP contribution in [0.15, 0.2) is 47.2 Å². The lowest BCUT2D eigenvalue weighted by atomic mass is 10.2. The molecule has 1 aliphatic heterocycles. The highest BCUT2D eigenvalue weighted by Gasteiger charge is 2.24. The second-order valence-electron chi connectivity index (χ2n) is 5.22. The van der Waals surface area contributed by atoms with E-state index in [4.69, 9.17) is 0 Å². The fraction of sp³-hybridized carbons (Fsp3) is 0.176. The molecule has 5 heteroatoms. The predicted octanol–water partition coefficient (Wildman–Crippen LogP) is 4.00. The lowest BCUT2D eigenvalue weighted by Gasteiger charge is -2.16. The molecule has 110 valence electrons. The van der Waals surface area contributed by atoms with Crippen LogP contribution in [-0.4, -0.2) is 17.4 Å². The largest absolute Gasteiger partial charge is 0.311 e. The van der Waals surface area contributed by atoms with Gasteiger partial charge in [-0.2, -0.15) is 0 Å². The molecule has 3 heterocycles. The fourth-order valence-electron chi connectivity index (χ4n) is 2.75. The van der Waals surface area contributed by atoms with Gasteiger partial charge in [0.2, 0.25) is 5.91 Å². The molecule has 3 aromatic rings. The van der Waals surface area contributed by atoms with E-state index in [0.29, 0.717) is 6.42 Å². The van der Waals surface area contributed by atoms with Crippen LogP contribution in [0.5, 0.6) is 0 Å². The number of carbonyl (C=O) groups is 1. The van der Waals surface area contributed by atoms with Crippen molar-refractivity contribution in [3.05, 3.63) is 58.4 Å². The van der Waals surface area contributed by atoms with Crippen LogP contribution in [0.1, 0.15) is 11.3 Å². The summed E-state index contributed by atoms with van der Waals surface area (Å²) in [4.78, 5) is 20.2. The molecular weight excluding hydrogens is 312 g/mol. The summed E-state index contributed by atoms with van der Waals surface area (Å²) in [5.74, 6) is 0.132. The van der Waals surface area contributed by atoms with E-state index in [-0.39, 0.29) is 5.91 Å². The second-order valence-corrected chi connectivity index (χ2v) is 7.03. The monoisotopic (exact) mass is 326 g/mol. The van der Waals surface area contributed by atoms with E-state index in [9.17, 15) is 4.79 Å². The first kappa shape index (κ1) is 13.7. The molecule has 0 saturated carbocycles. The van der Waals surface area contributed by atoms with Crippen molar-refractivity contribution < 1.29 is 4.79 Å². The second kappa shape index (κ2) is 5.66. The van der Waals surface area contributed by atoms with E-state index in [2.05, 4.69) is 17.1 Å². The number of hydrogen-bond acceptors (Lipinski definition) is 4. The topological polar surface area (TPSA) is 33.2 Å². The molecule has 0 spiro atoms. The minimum absolute atomic E-state index is 0.132. The molecule has 0 bridgehead atoms. The van der Waals surface area contributed by atoms with Crippen molar-refractivity contribution in [2.75, 3.05) is 11.4 Å². The highest BCUT2D eigenvalue weighted by Crippen LogP contribution is 2.30. The molecule has 0 saturated heterocycles. The van der Waals surface area contributed by atoms with Crippen LogP contribution in [0.4, 0.5) is 5.69 Å². The van der Waals surface area contributed by atoms with Gasteiger partial charge in [0.1, 0.15) is 5.01 Å². The van der Waals surface area contributed by atoms with Gasteiger partial charge in [-0.05, 0) is 29.5 Å². The molecule has 1 aromatic carbocycles. The maximum absolute atomic E-state index is 12.6. The molecule has 1 aliphatic rings. The molecule has 2 aromatic heterocycles. The van der Waals surface area contributed by atoms with Crippen LogP contribution in [-0.2, 0) is 17.6 Å². The average Bonchev–Trinajstić information content (AvgIpc) is 3.27. The zero-order valence-corrected chi connectivity index (χ0v) is 13.5. The fourth-order valence-corrected chi connectivity index (χ4v) is 4.38. The molecule has 1 amide bonds. The van der Waals surface area contributed by atoms with Gasteiger partial charge in [0.25, 0.3) is 0 Å². The SMILES string of the molecule is O=C(Cc1csc(-c2cccs2)n1)N1CCc2ccccc21. The van der Waals surface area contributed by atoms with Crippen molar-refractivity contribution in [3.8, 4) is 9.88 Å². The Balaban J connectivity index is 1.51. The number of benzene rings is 1. The van der Waals surface area contributed by atoms with Crippen LogP contribution in [0.3, 0.4) is 0 Å². The van der Waals surface area contributed by atoms with Gasteiger partial charge in [-0.25, -0.2) is 4.98 Å². The van der Waals surface area contributed by atoms with Crippen molar-refractivity contribution in [1.29, 1.82) is 0 Å². The summed E-state index contributed by atoms with van der Waals surface area (Å²) in [6, 6.07) is 12.2. The highest BCUT2D eigenvalue weighted by atomic mass is 32.1. The third kappa shape index (κ3) is 2.46. The quantitative estimate of drug-likeness (QED) is 0.729. The molecule has 0 radical (unpaired) electrons. The number of thiazole rings is 1. The minimum atomic E-state index is 0.132. The number of fused-ring (bicyclic) bond motifs is 1. The molecule has 0 unspecified atom stereocenters. The maximum Gasteiger partial charge on any atom is 0.233 e. The summed E-state index contributed by atoms with van der Waals surface area (Å²) in [5, 5.41) is 5.04. The van der Waals surface area contributed by atoms with Crippen LogP contribution >= 0.6 is 22.7 Å². The predicted molar refractivity (Wildman–Crippen MR) is 91.6 cm³/mol. The van der Waals surface area contributed by atoms with Crippen molar-refractivity contribution in [1.82, 2.24) is 4.98 Å². The summed E-state index contributed by atoms with van der Waals surface area (Å²) >= 11 is 3.28. The first-order valence-electron chi connectivity index (χ1n) is 7.18. The number of rotatable bonds is 3. The van der Waals surface area contributed by atoms with Crippen molar-refractivity contribution in [3.63, 3.8) is 0 Å². The van der Waals surface area contributed by atoms with E-state index in [0.717, 1.165) is 34.2 Å². The smallest absolute Gasteiger partial charge is 0.233 e. The normalized spacial score (nSPS) is 13.4. The number of aromatic nitrogens is 1. The van der Waals surface area contributed by atoms with Crippen molar-refractivity contribution in [2.45, 2.75) is 12.8 Å². The third-order valence-corrected chi connectivity index (χ3v) is 5.73. The summed E-state index contributed by atoms with van der Waals surface area (Å²) in [6.45, 7) is 0.778. The Morgan fingerprint density at radius 2 is 2.09 bits per heavy atom. The van der Waals surface area contributed by atoms with E-state index in [1.54, 1.807) is 22.7 Å². The van der Waals surface area contributed by atoms with Crippen molar-refractivity contribution in [2.24, 2.45) is 0 Å². The van der Waals surface area contributed by atoms with Gasteiger partial charge < -0.3 is 4.90 Å². The number of para-hydroxylation sites is 1.